The van der Waals surface area contributed by atoms with Gasteiger partial charge in [0.2, 0.25) is 8.32 Å². The Labute approximate surface area is 117 Å². The van der Waals surface area contributed by atoms with Crippen molar-refractivity contribution >= 4 is 8.32 Å². The van der Waals surface area contributed by atoms with Crippen molar-refractivity contribution in [2.45, 2.75) is 64.3 Å². The van der Waals surface area contributed by atoms with Gasteiger partial charge in [0.25, 0.3) is 0 Å². The second kappa shape index (κ2) is 4.95. The molecule has 1 atom stereocenters. The monoisotopic (exact) mass is 278 g/mol. The number of hydrogen-bond donors (Lipinski definition) is 1. The number of benzene rings is 1. The molecule has 0 aromatic heterocycles. The van der Waals surface area contributed by atoms with Gasteiger partial charge in [-0.05, 0) is 60.7 Å². The first-order chi connectivity index (χ1) is 8.71. The predicted molar refractivity (Wildman–Crippen MR) is 82.2 cm³/mol. The smallest absolute Gasteiger partial charge is 0.250 e. The molecular weight excluding hydrogens is 252 g/mol. The molecule has 0 saturated carbocycles. The van der Waals surface area contributed by atoms with Crippen LogP contribution in [0, 0.1) is 0 Å². The molecule has 0 fully saturated rings. The molecule has 0 radical (unpaired) electrons. The van der Waals surface area contributed by atoms with Crippen LogP contribution in [0.5, 0.6) is 5.75 Å². The number of aliphatic hydroxyl groups excluding tert-OH is 1. The third kappa shape index (κ3) is 3.03. The van der Waals surface area contributed by atoms with Crippen LogP contribution in [0.1, 0.15) is 50.8 Å². The molecule has 1 aromatic rings. The van der Waals surface area contributed by atoms with E-state index >= 15 is 0 Å². The Kier molecular flexibility index (Phi) is 3.80. The summed E-state index contributed by atoms with van der Waals surface area (Å²) in [5.41, 5.74) is 2.35. The summed E-state index contributed by atoms with van der Waals surface area (Å²) < 4.78 is 6.31. The van der Waals surface area contributed by atoms with Crippen LogP contribution in [0.4, 0.5) is 0 Å². The average molecular weight is 278 g/mol. The van der Waals surface area contributed by atoms with Gasteiger partial charge in [0.1, 0.15) is 5.75 Å². The maximum Gasteiger partial charge on any atom is 0.250 e. The number of aryl methyl sites for hydroxylation is 1. The molecule has 106 valence electrons. The van der Waals surface area contributed by atoms with E-state index < -0.39 is 8.32 Å². The zero-order chi connectivity index (χ0) is 14.3. The van der Waals surface area contributed by atoms with Crippen LogP contribution in [0.15, 0.2) is 18.2 Å². The highest BCUT2D eigenvalue weighted by molar-refractivity contribution is 6.74. The van der Waals surface area contributed by atoms with E-state index in [1.807, 2.05) is 0 Å². The fourth-order valence-corrected chi connectivity index (χ4v) is 3.29. The third-order valence-corrected chi connectivity index (χ3v) is 8.94. The summed E-state index contributed by atoms with van der Waals surface area (Å²) in [7, 11) is -1.79. The number of fused-ring (bicyclic) bond motifs is 1. The fourth-order valence-electron chi connectivity index (χ4n) is 2.26. The summed E-state index contributed by atoms with van der Waals surface area (Å²) in [6.45, 7) is 11.2. The molecule has 0 heterocycles. The molecule has 2 rings (SSSR count). The minimum absolute atomic E-state index is 0.196. The van der Waals surface area contributed by atoms with Crippen LogP contribution in [-0.2, 0) is 6.42 Å². The van der Waals surface area contributed by atoms with Crippen molar-refractivity contribution in [3.8, 4) is 5.75 Å². The Morgan fingerprint density at radius 3 is 2.58 bits per heavy atom. The summed E-state index contributed by atoms with van der Waals surface area (Å²) in [4.78, 5) is 0. The summed E-state index contributed by atoms with van der Waals surface area (Å²) in [6, 6.07) is 6.25. The quantitative estimate of drug-likeness (QED) is 0.810. The number of hydrogen-bond acceptors (Lipinski definition) is 2. The van der Waals surface area contributed by atoms with Crippen LogP contribution >= 0.6 is 0 Å². The summed E-state index contributed by atoms with van der Waals surface area (Å²) >= 11 is 0. The lowest BCUT2D eigenvalue weighted by molar-refractivity contribution is 0.156. The van der Waals surface area contributed by atoms with Crippen molar-refractivity contribution in [2.24, 2.45) is 0 Å². The molecule has 0 spiro atoms. The van der Waals surface area contributed by atoms with Gasteiger partial charge in [-0.3, -0.25) is 0 Å². The molecule has 0 aliphatic heterocycles. The standard InChI is InChI=1S/C16H26O2Si/c1-16(2,3)19(4,5)18-13-10-9-12-7-6-8-15(17)14(12)11-13/h9-11,15,17H,6-8H2,1-5H3. The van der Waals surface area contributed by atoms with Crippen molar-refractivity contribution in [2.75, 3.05) is 0 Å². The third-order valence-electron chi connectivity index (χ3n) is 4.58. The Morgan fingerprint density at radius 1 is 1.26 bits per heavy atom. The number of rotatable bonds is 2. The fraction of sp³-hybridized carbons (Fsp3) is 0.625. The maximum atomic E-state index is 10.1. The minimum atomic E-state index is -1.79. The topological polar surface area (TPSA) is 29.5 Å². The molecule has 2 nitrogen and oxygen atoms in total. The Bertz CT molecular complexity index is 460. The highest BCUT2D eigenvalue weighted by atomic mass is 28.4. The van der Waals surface area contributed by atoms with Gasteiger partial charge in [-0.25, -0.2) is 0 Å². The molecule has 0 bridgehead atoms. The Morgan fingerprint density at radius 2 is 1.95 bits per heavy atom. The summed E-state index contributed by atoms with van der Waals surface area (Å²) in [5.74, 6) is 0.922. The molecule has 1 aromatic carbocycles. The second-order valence-electron chi connectivity index (χ2n) is 7.13. The van der Waals surface area contributed by atoms with E-state index in [0.717, 1.165) is 30.6 Å². The highest BCUT2D eigenvalue weighted by Gasteiger charge is 2.39. The van der Waals surface area contributed by atoms with Crippen LogP contribution in [0.3, 0.4) is 0 Å². The lowest BCUT2D eigenvalue weighted by Gasteiger charge is -2.36. The van der Waals surface area contributed by atoms with E-state index in [9.17, 15) is 5.11 Å². The van der Waals surface area contributed by atoms with E-state index in [1.165, 1.54) is 5.56 Å². The van der Waals surface area contributed by atoms with Crippen molar-refractivity contribution in [3.05, 3.63) is 29.3 Å². The van der Waals surface area contributed by atoms with Crippen LogP contribution in [0.25, 0.3) is 0 Å². The molecule has 1 N–H and O–H groups in total. The molecule has 0 amide bonds. The second-order valence-corrected chi connectivity index (χ2v) is 11.9. The molecule has 0 saturated heterocycles. The lowest BCUT2D eigenvalue weighted by atomic mass is 9.89. The molecule has 19 heavy (non-hydrogen) atoms. The predicted octanol–water partition coefficient (Wildman–Crippen LogP) is 4.44. The van der Waals surface area contributed by atoms with Crippen LogP contribution in [-0.4, -0.2) is 13.4 Å². The van der Waals surface area contributed by atoms with E-state index in [-0.39, 0.29) is 11.1 Å². The zero-order valence-electron chi connectivity index (χ0n) is 12.8. The average Bonchev–Trinajstić information content (AvgIpc) is 2.28. The van der Waals surface area contributed by atoms with E-state index in [1.54, 1.807) is 0 Å². The van der Waals surface area contributed by atoms with Crippen molar-refractivity contribution < 1.29 is 9.53 Å². The first-order valence-corrected chi connectivity index (χ1v) is 10.1. The van der Waals surface area contributed by atoms with E-state index in [2.05, 4.69) is 52.1 Å². The van der Waals surface area contributed by atoms with E-state index in [0.29, 0.717) is 0 Å². The highest BCUT2D eigenvalue weighted by Crippen LogP contribution is 2.39. The van der Waals surface area contributed by atoms with Gasteiger partial charge in [-0.15, -0.1) is 0 Å². The van der Waals surface area contributed by atoms with Crippen LogP contribution < -0.4 is 4.43 Å². The van der Waals surface area contributed by atoms with Crippen molar-refractivity contribution in [1.29, 1.82) is 0 Å². The van der Waals surface area contributed by atoms with E-state index in [4.69, 9.17) is 4.43 Å². The van der Waals surface area contributed by atoms with Gasteiger partial charge in [-0.2, -0.15) is 0 Å². The first-order valence-electron chi connectivity index (χ1n) is 7.20. The normalized spacial score (nSPS) is 20.0. The molecule has 1 unspecified atom stereocenters. The van der Waals surface area contributed by atoms with Gasteiger partial charge in [0.05, 0.1) is 6.10 Å². The zero-order valence-corrected chi connectivity index (χ0v) is 13.8. The Balaban J connectivity index is 2.26. The van der Waals surface area contributed by atoms with Gasteiger partial charge >= 0.3 is 0 Å². The van der Waals surface area contributed by atoms with Gasteiger partial charge in [0, 0.05) is 0 Å². The lowest BCUT2D eigenvalue weighted by Crippen LogP contribution is -2.43. The van der Waals surface area contributed by atoms with Gasteiger partial charge < -0.3 is 9.53 Å². The number of aliphatic hydroxyl groups is 1. The summed E-state index contributed by atoms with van der Waals surface area (Å²) in [5, 5.41) is 10.3. The van der Waals surface area contributed by atoms with Gasteiger partial charge in [0.15, 0.2) is 0 Å². The minimum Gasteiger partial charge on any atom is -0.543 e. The first kappa shape index (κ1) is 14.6. The van der Waals surface area contributed by atoms with Crippen LogP contribution in [0.2, 0.25) is 18.1 Å². The van der Waals surface area contributed by atoms with Crippen molar-refractivity contribution in [1.82, 2.24) is 0 Å². The SMILES string of the molecule is CC(C)(C)[Si](C)(C)Oc1ccc2c(c1)C(O)CCC2. The van der Waals surface area contributed by atoms with Gasteiger partial charge in [-0.1, -0.05) is 26.8 Å². The molecule has 1 aliphatic carbocycles. The Hall–Kier alpha value is -0.803. The van der Waals surface area contributed by atoms with Crippen molar-refractivity contribution in [3.63, 3.8) is 0 Å². The molecule has 1 aliphatic rings. The molecule has 3 heteroatoms. The molecular formula is C16H26O2Si. The summed E-state index contributed by atoms with van der Waals surface area (Å²) in [6.07, 6.45) is 2.71. The largest absolute Gasteiger partial charge is 0.543 e. The maximum absolute atomic E-state index is 10.1.